The number of β-lactam (4-membered cyclic amide) rings is 1. The number of nitrogens with zero attached hydrogens (tertiary/aromatic N) is 4. The molecule has 3 aliphatic rings. The lowest BCUT2D eigenvalue weighted by atomic mass is 10.0. The Hall–Kier alpha value is -2.03. The molecule has 4 rings (SSSR count). The van der Waals surface area contributed by atoms with E-state index in [-0.39, 0.29) is 11.4 Å². The molecule has 1 saturated heterocycles. The van der Waals surface area contributed by atoms with Gasteiger partial charge < -0.3 is 10.4 Å². The third kappa shape index (κ3) is 3.89. The van der Waals surface area contributed by atoms with Crippen LogP contribution in [0.15, 0.2) is 26.6 Å². The summed E-state index contributed by atoms with van der Waals surface area (Å²) < 4.78 is 5.91. The Bertz CT molecular complexity index is 934. The minimum atomic E-state index is -1.19. The van der Waals surface area contributed by atoms with Gasteiger partial charge in [0.1, 0.15) is 29.1 Å². The van der Waals surface area contributed by atoms with Gasteiger partial charge in [0.2, 0.25) is 0 Å². The van der Waals surface area contributed by atoms with Crippen LogP contribution in [0.5, 0.6) is 0 Å². The highest BCUT2D eigenvalue weighted by atomic mass is 32.2. The average molecular weight is 472 g/mol. The normalized spacial score (nSPS) is 23.1. The van der Waals surface area contributed by atoms with Crippen LogP contribution in [0.2, 0.25) is 0 Å². The lowest BCUT2D eigenvalue weighted by molar-refractivity contribution is -0.150. The summed E-state index contributed by atoms with van der Waals surface area (Å²) in [6.07, 6.45) is 1.68. The van der Waals surface area contributed by atoms with Crippen LogP contribution in [0.3, 0.4) is 0 Å². The topological polar surface area (TPSA) is 132 Å². The fourth-order valence-electron chi connectivity index (χ4n) is 2.88. The van der Waals surface area contributed by atoms with Gasteiger partial charge in [-0.1, -0.05) is 0 Å². The van der Waals surface area contributed by atoms with Crippen molar-refractivity contribution in [2.75, 3.05) is 17.4 Å². The van der Waals surface area contributed by atoms with E-state index in [9.17, 15) is 24.3 Å². The number of hydrogen-bond donors (Lipinski definition) is 2. The molecule has 0 bridgehead atoms. The molecule has 1 aromatic rings. The number of thioether (sulfide) groups is 1. The van der Waals surface area contributed by atoms with Crippen molar-refractivity contribution in [2.24, 2.45) is 4.40 Å². The summed E-state index contributed by atoms with van der Waals surface area (Å²) >= 11 is 5.36. The van der Waals surface area contributed by atoms with Crippen molar-refractivity contribution in [1.29, 1.82) is 0 Å². The number of thiazole rings is 1. The summed E-state index contributed by atoms with van der Waals surface area (Å²) in [6, 6.07) is -0.944. The Kier molecular flexibility index (Phi) is 5.85. The third-order valence-corrected chi connectivity index (χ3v) is 8.01. The number of carboxylic acid groups (broad SMARTS) is 1. The molecule has 2 atom stereocenters. The van der Waals surface area contributed by atoms with Gasteiger partial charge >= 0.3 is 5.97 Å². The van der Waals surface area contributed by atoms with Crippen LogP contribution in [0.1, 0.15) is 10.5 Å². The molecular weight excluding hydrogens is 458 g/mol. The summed E-state index contributed by atoms with van der Waals surface area (Å²) in [4.78, 5) is 53.6. The van der Waals surface area contributed by atoms with E-state index in [1.807, 2.05) is 4.31 Å². The number of hydrogen-bond acceptors (Lipinski definition) is 11. The molecule has 1 aromatic heterocycles. The van der Waals surface area contributed by atoms with E-state index in [4.69, 9.17) is 0 Å². The van der Waals surface area contributed by atoms with E-state index >= 15 is 0 Å². The van der Waals surface area contributed by atoms with Gasteiger partial charge in [-0.05, 0) is 29.5 Å². The number of carboxylic acids is 1. The highest BCUT2D eigenvalue weighted by molar-refractivity contribution is 8.02. The van der Waals surface area contributed by atoms with Crippen LogP contribution in [0.4, 0.5) is 0 Å². The molecule has 10 nitrogen and oxygen atoms in total. The van der Waals surface area contributed by atoms with Crippen molar-refractivity contribution in [3.63, 3.8) is 0 Å². The molecule has 14 heteroatoms. The molecule has 152 valence electrons. The van der Waals surface area contributed by atoms with Gasteiger partial charge in [0.25, 0.3) is 17.6 Å². The van der Waals surface area contributed by atoms with Gasteiger partial charge in [-0.2, -0.15) is 0 Å². The van der Waals surface area contributed by atoms with Crippen LogP contribution < -0.4 is 5.32 Å². The second-order valence-electron chi connectivity index (χ2n) is 5.99. The third-order valence-electron chi connectivity index (χ3n) is 4.25. The molecule has 4 heterocycles. The molecular formula is C15H13N5O5S4. The van der Waals surface area contributed by atoms with Crippen LogP contribution in [-0.2, 0) is 14.4 Å². The van der Waals surface area contributed by atoms with Crippen molar-refractivity contribution in [3.05, 3.63) is 27.9 Å². The number of carbonyl (C=O) groups excluding carboxylic acids is 3. The highest BCUT2D eigenvalue weighted by Crippen LogP contribution is 2.41. The minimum absolute atomic E-state index is 0.0153. The van der Waals surface area contributed by atoms with Gasteiger partial charge in [0.05, 0.1) is 11.4 Å². The average Bonchev–Trinajstić information content (AvgIpc) is 3.42. The van der Waals surface area contributed by atoms with Crippen LogP contribution in [0, 0.1) is 0 Å². The summed E-state index contributed by atoms with van der Waals surface area (Å²) in [5, 5.41) is 13.0. The summed E-state index contributed by atoms with van der Waals surface area (Å²) in [5.41, 5.74) is 2.03. The van der Waals surface area contributed by atoms with E-state index in [0.29, 0.717) is 23.0 Å². The van der Waals surface area contributed by atoms with Crippen molar-refractivity contribution in [3.8, 4) is 0 Å². The number of nitrogens with one attached hydrogen (secondary N) is 1. The number of carbonyl (C=O) groups is 4. The van der Waals surface area contributed by atoms with Crippen molar-refractivity contribution in [1.82, 2.24) is 19.5 Å². The van der Waals surface area contributed by atoms with E-state index in [1.165, 1.54) is 62.8 Å². The maximum Gasteiger partial charge on any atom is 0.352 e. The molecule has 2 N–H and O–H groups in total. The highest BCUT2D eigenvalue weighted by Gasteiger charge is 2.54. The van der Waals surface area contributed by atoms with Gasteiger partial charge in [-0.25, -0.2) is 14.2 Å². The van der Waals surface area contributed by atoms with Gasteiger partial charge in [-0.15, -0.1) is 23.1 Å². The fourth-order valence-corrected chi connectivity index (χ4v) is 6.49. The van der Waals surface area contributed by atoms with Crippen molar-refractivity contribution in [2.45, 2.75) is 11.4 Å². The van der Waals surface area contributed by atoms with Gasteiger partial charge in [0, 0.05) is 16.9 Å². The zero-order chi connectivity index (χ0) is 20.5. The lowest BCUT2D eigenvalue weighted by Crippen LogP contribution is -2.71. The standard InChI is InChI=1S/C15H13N5O5S4/c21-11(8-3-26-5-16-8)12(22)18-9-13(23)20-10(15(24)25)7(1-27-14(9)20)2-29-19-4-17-28-6-19/h3-5,9,14H,1-2,6H2,(H,18,22)(H,24,25)/t9?,14-/m0/s1. The van der Waals surface area contributed by atoms with E-state index in [2.05, 4.69) is 14.7 Å². The van der Waals surface area contributed by atoms with Gasteiger partial charge in [0.15, 0.2) is 0 Å². The van der Waals surface area contributed by atoms with E-state index in [0.717, 1.165) is 0 Å². The quantitative estimate of drug-likeness (QED) is 0.253. The largest absolute Gasteiger partial charge is 0.477 e. The van der Waals surface area contributed by atoms with Crippen molar-refractivity contribution >= 4 is 76.9 Å². The Morgan fingerprint density at radius 2 is 2.21 bits per heavy atom. The van der Waals surface area contributed by atoms with Crippen LogP contribution in [0.25, 0.3) is 0 Å². The minimum Gasteiger partial charge on any atom is -0.477 e. The molecule has 0 aromatic carbocycles. The van der Waals surface area contributed by atoms with E-state index in [1.54, 1.807) is 6.34 Å². The number of rotatable bonds is 7. The second kappa shape index (κ2) is 8.38. The first kappa shape index (κ1) is 20.3. The first-order chi connectivity index (χ1) is 14.0. The molecule has 29 heavy (non-hydrogen) atoms. The predicted molar refractivity (Wildman–Crippen MR) is 111 cm³/mol. The van der Waals surface area contributed by atoms with Gasteiger partial charge in [-0.3, -0.25) is 23.6 Å². The Morgan fingerprint density at radius 1 is 1.38 bits per heavy atom. The smallest absolute Gasteiger partial charge is 0.352 e. The zero-order valence-corrected chi connectivity index (χ0v) is 17.8. The van der Waals surface area contributed by atoms with Crippen LogP contribution in [-0.4, -0.2) is 78.0 Å². The predicted octanol–water partition coefficient (Wildman–Crippen LogP) is 0.662. The number of ketones is 1. The van der Waals surface area contributed by atoms with Crippen molar-refractivity contribution < 1.29 is 24.3 Å². The molecule has 3 aliphatic heterocycles. The fraction of sp³-hybridized carbons (Fsp3) is 0.333. The molecule has 0 saturated carbocycles. The number of fused-ring (bicyclic) bond motifs is 1. The number of Topliss-reactive ketones (excluding diaryl/α,β-unsaturated/α-hetero) is 1. The summed E-state index contributed by atoms with van der Waals surface area (Å²) in [6.45, 7) is 0. The SMILES string of the molecule is O=C(O)C1=C(CSN2C=NSC2)CS[C@H]2C(NC(=O)C(=O)c3cscn3)C(=O)N12. The monoisotopic (exact) mass is 471 g/mol. The second-order valence-corrected chi connectivity index (χ2v) is 9.56. The lowest BCUT2D eigenvalue weighted by Gasteiger charge is -2.49. The Balaban J connectivity index is 1.44. The number of amides is 2. The Morgan fingerprint density at radius 3 is 2.86 bits per heavy atom. The first-order valence-electron chi connectivity index (χ1n) is 8.15. The number of aromatic nitrogens is 1. The maximum absolute atomic E-state index is 12.6. The Labute approximate surface area is 181 Å². The maximum atomic E-state index is 12.6. The number of aliphatic carboxylic acids is 1. The first-order valence-corrected chi connectivity index (χ1v) is 12.0. The summed E-state index contributed by atoms with van der Waals surface area (Å²) in [5.74, 6) is -1.98. The molecule has 0 radical (unpaired) electrons. The molecule has 1 fully saturated rings. The van der Waals surface area contributed by atoms with E-state index < -0.39 is 35.0 Å². The zero-order valence-electron chi connectivity index (χ0n) is 14.5. The molecule has 0 spiro atoms. The molecule has 2 amide bonds. The molecule has 0 aliphatic carbocycles. The molecule has 1 unspecified atom stereocenters. The summed E-state index contributed by atoms with van der Waals surface area (Å²) in [7, 11) is 0. The van der Waals surface area contributed by atoms with Crippen LogP contribution >= 0.6 is 47.0 Å².